The van der Waals surface area contributed by atoms with E-state index in [2.05, 4.69) is 21.9 Å². The topological polar surface area (TPSA) is 93.2 Å². The Morgan fingerprint density at radius 1 is 1.29 bits per heavy atom. The first kappa shape index (κ1) is 21.0. The van der Waals surface area contributed by atoms with Crippen LogP contribution in [0.4, 0.5) is 19.0 Å². The molecule has 0 bridgehead atoms. The largest absolute Gasteiger partial charge is 0.417 e. The van der Waals surface area contributed by atoms with Crippen LogP contribution < -0.4 is 10.8 Å². The molecule has 148 valence electrons. The van der Waals surface area contributed by atoms with E-state index in [9.17, 15) is 22.8 Å². The smallest absolute Gasteiger partial charge is 0.307 e. The molecule has 2 aromatic heterocycles. The maximum absolute atomic E-state index is 13.5. The van der Waals surface area contributed by atoms with Gasteiger partial charge >= 0.3 is 6.18 Å². The molecule has 2 atom stereocenters. The minimum atomic E-state index is -4.77. The zero-order valence-electron chi connectivity index (χ0n) is 14.7. The van der Waals surface area contributed by atoms with E-state index in [1.165, 1.54) is 49.8 Å². The Balaban J connectivity index is 2.16. The second-order valence-corrected chi connectivity index (χ2v) is 5.71. The number of amides is 2. The predicted octanol–water partition coefficient (Wildman–Crippen LogP) is 3.00. The highest BCUT2D eigenvalue weighted by Crippen LogP contribution is 2.34. The summed E-state index contributed by atoms with van der Waals surface area (Å²) in [5.74, 6) is -2.56. The Bertz CT molecular complexity index is 843. The van der Waals surface area contributed by atoms with Crippen LogP contribution in [0.25, 0.3) is 0 Å². The molecular formula is C18H17F3N4O3. The molecule has 10 heteroatoms. The third kappa shape index (κ3) is 5.61. The standard InChI is InChI=1S/C18H17F3N4O3/c1-3-15(26)24-14-9-12(6-8-23-14)11(2)16(18(19,20)21)28-25-17(27)13-5-4-7-22-10-13/h3-11,16H,1H2,2H3,(H,25,27)(H,23,24,26). The number of nitrogens with one attached hydrogen (secondary N) is 2. The highest BCUT2D eigenvalue weighted by Gasteiger charge is 2.46. The van der Waals surface area contributed by atoms with Gasteiger partial charge in [-0.25, -0.2) is 10.5 Å². The lowest BCUT2D eigenvalue weighted by molar-refractivity contribution is -0.238. The number of hydrogen-bond acceptors (Lipinski definition) is 5. The summed E-state index contributed by atoms with van der Waals surface area (Å²) in [5, 5.41) is 2.37. The lowest BCUT2D eigenvalue weighted by Crippen LogP contribution is -2.42. The van der Waals surface area contributed by atoms with Gasteiger partial charge < -0.3 is 5.32 Å². The Kier molecular flexibility index (Phi) is 6.83. The van der Waals surface area contributed by atoms with Crippen molar-refractivity contribution in [2.45, 2.75) is 25.1 Å². The summed E-state index contributed by atoms with van der Waals surface area (Å²) in [4.78, 5) is 35.6. The van der Waals surface area contributed by atoms with Crippen LogP contribution in [0.1, 0.15) is 28.8 Å². The Morgan fingerprint density at radius 2 is 2.04 bits per heavy atom. The Labute approximate surface area is 158 Å². The summed E-state index contributed by atoms with van der Waals surface area (Å²) in [6.07, 6.45) is -2.22. The summed E-state index contributed by atoms with van der Waals surface area (Å²) in [6, 6.07) is 5.50. The van der Waals surface area contributed by atoms with Gasteiger partial charge in [0.15, 0.2) is 6.10 Å². The summed E-state index contributed by atoms with van der Waals surface area (Å²) in [5.41, 5.74) is 2.07. The lowest BCUT2D eigenvalue weighted by atomic mass is 9.95. The highest BCUT2D eigenvalue weighted by molar-refractivity contribution is 5.98. The quantitative estimate of drug-likeness (QED) is 0.556. The number of hydroxylamine groups is 1. The number of alkyl halides is 3. The number of nitrogens with zero attached hydrogens (tertiary/aromatic N) is 2. The highest BCUT2D eigenvalue weighted by atomic mass is 19.4. The molecule has 7 nitrogen and oxygen atoms in total. The van der Waals surface area contributed by atoms with Crippen molar-refractivity contribution >= 4 is 17.6 Å². The number of pyridine rings is 2. The maximum Gasteiger partial charge on any atom is 0.417 e. The Hall–Kier alpha value is -3.27. The van der Waals surface area contributed by atoms with E-state index in [4.69, 9.17) is 4.84 Å². The first-order chi connectivity index (χ1) is 13.2. The number of hydrogen-bond donors (Lipinski definition) is 2. The number of halogens is 3. The third-order valence-electron chi connectivity index (χ3n) is 3.73. The summed E-state index contributed by atoms with van der Waals surface area (Å²) < 4.78 is 40.5. The van der Waals surface area contributed by atoms with Gasteiger partial charge in [0.25, 0.3) is 5.91 Å². The molecule has 0 aromatic carbocycles. The molecule has 0 saturated carbocycles. The van der Waals surface area contributed by atoms with Crippen LogP contribution in [-0.4, -0.2) is 34.1 Å². The summed E-state index contributed by atoms with van der Waals surface area (Å²) in [6.45, 7) is 4.57. The Morgan fingerprint density at radius 3 is 2.64 bits per heavy atom. The summed E-state index contributed by atoms with van der Waals surface area (Å²) >= 11 is 0. The molecule has 0 fully saturated rings. The third-order valence-corrected chi connectivity index (χ3v) is 3.73. The van der Waals surface area contributed by atoms with Crippen LogP contribution in [0.15, 0.2) is 55.5 Å². The van der Waals surface area contributed by atoms with Crippen LogP contribution in [0.2, 0.25) is 0 Å². The molecule has 28 heavy (non-hydrogen) atoms. The number of aromatic nitrogens is 2. The van der Waals surface area contributed by atoms with Gasteiger partial charge in [0.05, 0.1) is 5.56 Å². The molecule has 0 radical (unpaired) electrons. The molecule has 2 amide bonds. The molecule has 0 aliphatic heterocycles. The predicted molar refractivity (Wildman–Crippen MR) is 94.1 cm³/mol. The van der Waals surface area contributed by atoms with Gasteiger partial charge in [0.1, 0.15) is 5.82 Å². The SMILES string of the molecule is C=CC(=O)Nc1cc(C(C)C(ONC(=O)c2cccnc2)C(F)(F)F)ccn1. The average molecular weight is 394 g/mol. The van der Waals surface area contributed by atoms with E-state index in [0.717, 1.165) is 6.08 Å². The van der Waals surface area contributed by atoms with Crippen LogP contribution in [-0.2, 0) is 9.63 Å². The van der Waals surface area contributed by atoms with Crippen molar-refractivity contribution in [1.82, 2.24) is 15.4 Å². The zero-order valence-corrected chi connectivity index (χ0v) is 14.7. The first-order valence-corrected chi connectivity index (χ1v) is 8.04. The van der Waals surface area contributed by atoms with Crippen LogP contribution in [0.5, 0.6) is 0 Å². The van der Waals surface area contributed by atoms with Crippen molar-refractivity contribution in [2.24, 2.45) is 0 Å². The lowest BCUT2D eigenvalue weighted by Gasteiger charge is -2.26. The normalized spacial score (nSPS) is 13.3. The van der Waals surface area contributed by atoms with Crippen molar-refractivity contribution in [3.8, 4) is 0 Å². The molecule has 2 heterocycles. The van der Waals surface area contributed by atoms with Gasteiger partial charge in [-0.15, -0.1) is 0 Å². The molecule has 2 aromatic rings. The first-order valence-electron chi connectivity index (χ1n) is 8.04. The number of anilines is 1. The number of carbonyl (C=O) groups excluding carboxylic acids is 2. The maximum atomic E-state index is 13.5. The van der Waals surface area contributed by atoms with E-state index in [1.807, 2.05) is 5.48 Å². The fraction of sp³-hybridized carbons (Fsp3) is 0.222. The fourth-order valence-electron chi connectivity index (χ4n) is 2.28. The van der Waals surface area contributed by atoms with Crippen molar-refractivity contribution in [1.29, 1.82) is 0 Å². The van der Waals surface area contributed by atoms with Crippen LogP contribution in [0.3, 0.4) is 0 Å². The number of carbonyl (C=O) groups is 2. The van der Waals surface area contributed by atoms with Crippen LogP contribution in [0, 0.1) is 0 Å². The zero-order chi connectivity index (χ0) is 20.7. The molecule has 0 aliphatic carbocycles. The molecule has 2 N–H and O–H groups in total. The molecule has 2 unspecified atom stereocenters. The second-order valence-electron chi connectivity index (χ2n) is 5.71. The number of rotatable bonds is 7. The van der Waals surface area contributed by atoms with Gasteiger partial charge in [-0.1, -0.05) is 13.5 Å². The van der Waals surface area contributed by atoms with Gasteiger partial charge in [-0.2, -0.15) is 13.2 Å². The van der Waals surface area contributed by atoms with Crippen molar-refractivity contribution in [2.75, 3.05) is 5.32 Å². The average Bonchev–Trinajstić information content (AvgIpc) is 2.67. The monoisotopic (exact) mass is 394 g/mol. The summed E-state index contributed by atoms with van der Waals surface area (Å²) in [7, 11) is 0. The van der Waals surface area contributed by atoms with E-state index in [1.54, 1.807) is 0 Å². The molecule has 0 saturated heterocycles. The second kappa shape index (κ2) is 9.09. The fourth-order valence-corrected chi connectivity index (χ4v) is 2.28. The van der Waals surface area contributed by atoms with Crippen molar-refractivity contribution in [3.63, 3.8) is 0 Å². The van der Waals surface area contributed by atoms with E-state index in [-0.39, 0.29) is 16.9 Å². The van der Waals surface area contributed by atoms with E-state index < -0.39 is 30.0 Å². The van der Waals surface area contributed by atoms with Crippen molar-refractivity contribution < 1.29 is 27.6 Å². The van der Waals surface area contributed by atoms with E-state index in [0.29, 0.717) is 0 Å². The van der Waals surface area contributed by atoms with E-state index >= 15 is 0 Å². The molecule has 2 rings (SSSR count). The molecule has 0 spiro atoms. The van der Waals surface area contributed by atoms with Crippen LogP contribution >= 0.6 is 0 Å². The minimum Gasteiger partial charge on any atom is -0.307 e. The van der Waals surface area contributed by atoms with Gasteiger partial charge in [0, 0.05) is 24.5 Å². The van der Waals surface area contributed by atoms with Gasteiger partial charge in [0.2, 0.25) is 5.91 Å². The molecule has 0 aliphatic rings. The van der Waals surface area contributed by atoms with Gasteiger partial charge in [-0.05, 0) is 35.9 Å². The van der Waals surface area contributed by atoms with Crippen molar-refractivity contribution in [3.05, 3.63) is 66.6 Å². The minimum absolute atomic E-state index is 0.0504. The van der Waals surface area contributed by atoms with Gasteiger partial charge in [-0.3, -0.25) is 19.4 Å². The molecular weight excluding hydrogens is 377 g/mol.